The molecule has 4 heteroatoms. The van der Waals surface area contributed by atoms with Crippen LogP contribution in [-0.2, 0) is 0 Å². The van der Waals surface area contributed by atoms with Gasteiger partial charge in [0.2, 0.25) is 0 Å². The second-order valence-electron chi connectivity index (χ2n) is 0.947. The highest BCUT2D eigenvalue weighted by atomic mass is 35.5. The van der Waals surface area contributed by atoms with Gasteiger partial charge >= 0.3 is 0 Å². The Bertz CT molecular complexity index is 175. The molecule has 2 nitrogen and oxygen atoms in total. The van der Waals surface area contributed by atoms with Gasteiger partial charge in [0.15, 0.2) is 0 Å². The molecule has 0 amide bonds. The molecule has 0 aromatic rings. The molecule has 0 fully saturated rings. The van der Waals surface area contributed by atoms with E-state index in [1.807, 2.05) is 0 Å². The molecule has 0 unspecified atom stereocenters. The third kappa shape index (κ3) is 1.68. The van der Waals surface area contributed by atoms with E-state index >= 15 is 0 Å². The average Bonchev–Trinajstić information content (AvgIpc) is 1.69. The van der Waals surface area contributed by atoms with E-state index in [-0.39, 0.29) is 10.5 Å². The summed E-state index contributed by atoms with van der Waals surface area (Å²) in [5.41, 5.74) is -0.244. The Balaban J connectivity index is 4.47. The average molecular weight is 122 g/mol. The number of hydrogen-bond donors (Lipinski definition) is 0. The molecule has 0 aliphatic heterocycles. The van der Waals surface area contributed by atoms with E-state index < -0.39 is 0 Å². The highest BCUT2D eigenvalue weighted by Crippen LogP contribution is 2.00. The first-order valence-electron chi connectivity index (χ1n) is 1.67. The fourth-order valence-electron chi connectivity index (χ4n) is 0.132. The summed E-state index contributed by atoms with van der Waals surface area (Å²) in [5.74, 6) is 0. The molecule has 0 aromatic heterocycles. The van der Waals surface area contributed by atoms with Crippen molar-refractivity contribution in [2.24, 2.45) is 0 Å². The van der Waals surface area contributed by atoms with Crippen LogP contribution in [0.4, 0.5) is 0 Å². The van der Waals surface area contributed by atoms with E-state index in [0.29, 0.717) is 0 Å². The van der Waals surface area contributed by atoms with Gasteiger partial charge in [-0.1, -0.05) is 11.6 Å². The molecule has 2 radical (unpaired) electrons. The molecule has 0 heterocycles. The van der Waals surface area contributed by atoms with E-state index in [9.17, 15) is 0 Å². The van der Waals surface area contributed by atoms with Gasteiger partial charge in [0.1, 0.15) is 25.6 Å². The van der Waals surface area contributed by atoms with Crippen LogP contribution in [0.5, 0.6) is 0 Å². The van der Waals surface area contributed by atoms with Gasteiger partial charge in [-0.05, 0) is 4.93 Å². The molecule has 0 saturated heterocycles. The van der Waals surface area contributed by atoms with Crippen LogP contribution in [-0.4, -0.2) is 7.85 Å². The minimum absolute atomic E-state index is 0.244. The Kier molecular flexibility index (Phi) is 2.76. The lowest BCUT2D eigenvalue weighted by Crippen LogP contribution is -1.76. The van der Waals surface area contributed by atoms with Crippen molar-refractivity contribution in [1.29, 1.82) is 10.5 Å². The fourth-order valence-corrected chi connectivity index (χ4v) is 0.216. The SMILES string of the molecule is [B]C(Cl)=C(C#N)C#N. The Hall–Kier alpha value is -0.925. The molecule has 8 heavy (non-hydrogen) atoms. The summed E-state index contributed by atoms with van der Waals surface area (Å²) in [5, 5.41) is 16.0. The van der Waals surface area contributed by atoms with Crippen molar-refractivity contribution in [1.82, 2.24) is 0 Å². The number of halogens is 1. The van der Waals surface area contributed by atoms with Crippen LogP contribution in [0.1, 0.15) is 0 Å². The van der Waals surface area contributed by atoms with E-state index in [1.165, 1.54) is 12.1 Å². The first kappa shape index (κ1) is 7.07. The molecule has 0 aliphatic rings. The van der Waals surface area contributed by atoms with Crippen molar-refractivity contribution < 1.29 is 0 Å². The van der Waals surface area contributed by atoms with Gasteiger partial charge in [-0.15, -0.1) is 0 Å². The Morgan fingerprint density at radius 3 is 1.75 bits per heavy atom. The summed E-state index contributed by atoms with van der Waals surface area (Å²) in [7, 11) is 4.86. The van der Waals surface area contributed by atoms with E-state index in [0.717, 1.165) is 0 Å². The topological polar surface area (TPSA) is 47.6 Å². The molecule has 0 aromatic carbocycles. The van der Waals surface area contributed by atoms with Gasteiger partial charge in [0.25, 0.3) is 0 Å². The lowest BCUT2D eigenvalue weighted by Gasteiger charge is -1.79. The summed E-state index contributed by atoms with van der Waals surface area (Å²) in [4.78, 5) is -0.255. The number of nitriles is 2. The lowest BCUT2D eigenvalue weighted by molar-refractivity contribution is 1.46. The second kappa shape index (κ2) is 3.13. The Labute approximate surface area is 53.4 Å². The first-order valence-corrected chi connectivity index (χ1v) is 2.05. The predicted octanol–water partition coefficient (Wildman–Crippen LogP) is 0.652. The van der Waals surface area contributed by atoms with Crippen molar-refractivity contribution in [3.8, 4) is 12.1 Å². The van der Waals surface area contributed by atoms with Gasteiger partial charge in [-0.2, -0.15) is 10.5 Å². The third-order valence-corrected chi connectivity index (χ3v) is 0.651. The molecule has 0 saturated carbocycles. The largest absolute Gasteiger partial charge is 0.192 e. The van der Waals surface area contributed by atoms with Crippen LogP contribution in [0, 0.1) is 22.7 Å². The number of hydrogen-bond acceptors (Lipinski definition) is 2. The van der Waals surface area contributed by atoms with E-state index in [4.69, 9.17) is 30.0 Å². The van der Waals surface area contributed by atoms with Crippen LogP contribution >= 0.6 is 11.6 Å². The maximum Gasteiger partial charge on any atom is 0.133 e. The van der Waals surface area contributed by atoms with Crippen LogP contribution in [0.2, 0.25) is 0 Å². The second-order valence-corrected chi connectivity index (χ2v) is 1.35. The first-order chi connectivity index (χ1) is 3.72. The maximum absolute atomic E-state index is 8.00. The third-order valence-electron chi connectivity index (χ3n) is 0.462. The summed E-state index contributed by atoms with van der Waals surface area (Å²) >= 11 is 5.06. The van der Waals surface area contributed by atoms with Gasteiger partial charge in [0.05, 0.1) is 0 Å². The van der Waals surface area contributed by atoms with Crippen molar-refractivity contribution in [2.75, 3.05) is 0 Å². The van der Waals surface area contributed by atoms with Gasteiger partial charge < -0.3 is 0 Å². The molecule has 0 atom stereocenters. The summed E-state index contributed by atoms with van der Waals surface area (Å²) < 4.78 is 0. The predicted molar refractivity (Wildman–Crippen MR) is 29.9 cm³/mol. The number of allylic oxidation sites excluding steroid dienone is 1. The van der Waals surface area contributed by atoms with Crippen LogP contribution in [0.15, 0.2) is 10.5 Å². The normalized spacial score (nSPS) is 6.38. The minimum Gasteiger partial charge on any atom is -0.192 e. The summed E-state index contributed by atoms with van der Waals surface area (Å²) in [6.45, 7) is 0. The smallest absolute Gasteiger partial charge is 0.133 e. The van der Waals surface area contributed by atoms with E-state index in [2.05, 4.69) is 0 Å². The lowest BCUT2D eigenvalue weighted by atomic mass is 10.1. The van der Waals surface area contributed by atoms with Crippen molar-refractivity contribution in [3.63, 3.8) is 0 Å². The van der Waals surface area contributed by atoms with Crippen molar-refractivity contribution >= 4 is 19.4 Å². The van der Waals surface area contributed by atoms with Crippen LogP contribution in [0.3, 0.4) is 0 Å². The van der Waals surface area contributed by atoms with Crippen molar-refractivity contribution in [3.05, 3.63) is 10.5 Å². The molecule has 0 rings (SSSR count). The quantitative estimate of drug-likeness (QED) is 0.350. The summed E-state index contributed by atoms with van der Waals surface area (Å²) in [6.07, 6.45) is 0. The molecular weight excluding hydrogens is 122 g/mol. The molecule has 0 spiro atoms. The molecule has 0 bridgehead atoms. The van der Waals surface area contributed by atoms with Gasteiger partial charge in [0, 0.05) is 0 Å². The monoisotopic (exact) mass is 122 g/mol. The van der Waals surface area contributed by atoms with Gasteiger partial charge in [-0.3, -0.25) is 0 Å². The molecule has 0 aliphatic carbocycles. The molecule has 0 N–H and O–H groups in total. The number of nitrogens with zero attached hydrogens (tertiary/aromatic N) is 2. The minimum atomic E-state index is -0.255. The van der Waals surface area contributed by atoms with Crippen LogP contribution < -0.4 is 0 Å². The Morgan fingerprint density at radius 2 is 1.75 bits per heavy atom. The van der Waals surface area contributed by atoms with E-state index in [1.54, 1.807) is 0 Å². The van der Waals surface area contributed by atoms with Gasteiger partial charge in [-0.25, -0.2) is 0 Å². The Morgan fingerprint density at radius 1 is 1.38 bits per heavy atom. The van der Waals surface area contributed by atoms with Crippen molar-refractivity contribution in [2.45, 2.75) is 0 Å². The summed E-state index contributed by atoms with van der Waals surface area (Å²) in [6, 6.07) is 3.03. The molecular formula is C4BClN2. The standard InChI is InChI=1S/C4BClN2/c5-4(6)3(1-7)2-8. The number of rotatable bonds is 0. The highest BCUT2D eigenvalue weighted by Gasteiger charge is 1.92. The highest BCUT2D eigenvalue weighted by molar-refractivity contribution is 6.53. The zero-order valence-electron chi connectivity index (χ0n) is 3.85. The zero-order valence-corrected chi connectivity index (χ0v) is 4.61. The zero-order chi connectivity index (χ0) is 6.57. The molecule has 36 valence electrons. The fraction of sp³-hybridized carbons (Fsp3) is 0. The maximum atomic E-state index is 8.00. The van der Waals surface area contributed by atoms with Crippen LogP contribution in [0.25, 0.3) is 0 Å².